The monoisotopic (exact) mass is 412 g/mol. The van der Waals surface area contributed by atoms with E-state index in [0.29, 0.717) is 13.4 Å². The zero-order valence-electron chi connectivity index (χ0n) is 6.33. The summed E-state index contributed by atoms with van der Waals surface area (Å²) in [5, 5.41) is 0. The van der Waals surface area contributed by atoms with E-state index in [-0.39, 0.29) is 16.7 Å². The van der Waals surface area contributed by atoms with Crippen LogP contribution in [-0.2, 0) is 0 Å². The molecule has 0 N–H and O–H groups in total. The normalized spacial score (nSPS) is 11.9. The number of benzene rings is 1. The molecule has 0 nitrogen and oxygen atoms in total. The summed E-state index contributed by atoms with van der Waals surface area (Å²) in [5.41, 5.74) is -4.28. The number of halogens is 6. The van der Waals surface area contributed by atoms with Crippen molar-refractivity contribution < 1.29 is 13.2 Å². The smallest absolute Gasteiger partial charge is 0.160 e. The Balaban J connectivity index is 3.09. The summed E-state index contributed by atoms with van der Waals surface area (Å²) >= 11 is 9.16. The topological polar surface area (TPSA) is 0 Å². The molecule has 0 aliphatic heterocycles. The lowest BCUT2D eigenvalue weighted by atomic mass is 10.4. The highest BCUT2D eigenvalue weighted by molar-refractivity contribution is 9.11. The van der Waals surface area contributed by atoms with Gasteiger partial charge in [0.15, 0.2) is 0 Å². The van der Waals surface area contributed by atoms with Crippen LogP contribution in [0.15, 0.2) is 30.4 Å². The lowest BCUT2D eigenvalue weighted by Gasteiger charge is -2.09. The number of thioether (sulfide) groups is 1. The fourth-order valence-electron chi connectivity index (χ4n) is 0.742. The average molecular weight is 415 g/mol. The van der Waals surface area contributed by atoms with E-state index in [2.05, 4.69) is 47.8 Å². The van der Waals surface area contributed by atoms with Crippen molar-refractivity contribution in [2.24, 2.45) is 0 Å². The minimum absolute atomic E-state index is 0.126. The standard InChI is InChI=1S/C7H2Br3F3S/c8-3-1-4(9)6(5(10)2-3)14-7(11,12)13/h1-2H. The molecular weight excluding hydrogens is 413 g/mol. The zero-order chi connectivity index (χ0) is 10.9. The molecule has 0 atom stereocenters. The van der Waals surface area contributed by atoms with Crippen LogP contribution in [0.3, 0.4) is 0 Å². The highest BCUT2D eigenvalue weighted by atomic mass is 79.9. The summed E-state index contributed by atoms with van der Waals surface area (Å²) in [6.45, 7) is 0. The summed E-state index contributed by atoms with van der Waals surface area (Å²) in [6, 6.07) is 3.14. The van der Waals surface area contributed by atoms with E-state index >= 15 is 0 Å². The van der Waals surface area contributed by atoms with Crippen molar-refractivity contribution in [3.05, 3.63) is 25.6 Å². The third-order valence-corrected chi connectivity index (χ3v) is 4.29. The molecule has 0 bridgehead atoms. The maximum atomic E-state index is 12.1. The molecule has 0 radical (unpaired) electrons. The van der Waals surface area contributed by atoms with Crippen molar-refractivity contribution in [3.8, 4) is 0 Å². The molecule has 78 valence electrons. The van der Waals surface area contributed by atoms with Gasteiger partial charge in [-0.2, -0.15) is 13.2 Å². The Kier molecular flexibility index (Phi) is 4.37. The molecule has 1 rings (SSSR count). The van der Waals surface area contributed by atoms with Crippen LogP contribution in [-0.4, -0.2) is 5.51 Å². The van der Waals surface area contributed by atoms with Crippen LogP contribution in [0, 0.1) is 0 Å². The van der Waals surface area contributed by atoms with Gasteiger partial charge in [0.2, 0.25) is 0 Å². The summed E-state index contributed by atoms with van der Waals surface area (Å²) in [5.74, 6) is 0. The largest absolute Gasteiger partial charge is 0.446 e. The van der Waals surface area contributed by atoms with Gasteiger partial charge in [-0.25, -0.2) is 0 Å². The van der Waals surface area contributed by atoms with Gasteiger partial charge in [0.1, 0.15) is 0 Å². The van der Waals surface area contributed by atoms with Crippen molar-refractivity contribution in [1.82, 2.24) is 0 Å². The fraction of sp³-hybridized carbons (Fsp3) is 0.143. The molecule has 0 spiro atoms. The van der Waals surface area contributed by atoms with Crippen molar-refractivity contribution in [2.75, 3.05) is 0 Å². The van der Waals surface area contributed by atoms with Crippen molar-refractivity contribution in [1.29, 1.82) is 0 Å². The van der Waals surface area contributed by atoms with E-state index in [0.717, 1.165) is 0 Å². The first-order valence-corrected chi connectivity index (χ1v) is 6.39. The Hall–Kier alpha value is 0.800. The van der Waals surface area contributed by atoms with Crippen LogP contribution in [0.1, 0.15) is 0 Å². The van der Waals surface area contributed by atoms with Gasteiger partial charge in [-0.1, -0.05) is 15.9 Å². The van der Waals surface area contributed by atoms with Crippen LogP contribution < -0.4 is 0 Å². The Labute approximate surface area is 108 Å². The highest BCUT2D eigenvalue weighted by Gasteiger charge is 2.31. The molecule has 7 heteroatoms. The minimum Gasteiger partial charge on any atom is -0.160 e. The summed E-state index contributed by atoms with van der Waals surface area (Å²) < 4.78 is 37.9. The third-order valence-electron chi connectivity index (χ3n) is 1.18. The van der Waals surface area contributed by atoms with Crippen molar-refractivity contribution in [2.45, 2.75) is 10.4 Å². The average Bonchev–Trinajstić information content (AvgIpc) is 1.95. The SMILES string of the molecule is FC(F)(F)Sc1c(Br)cc(Br)cc1Br. The van der Waals surface area contributed by atoms with Crippen LogP contribution >= 0.6 is 59.6 Å². The molecule has 0 aromatic heterocycles. The van der Waals surface area contributed by atoms with Gasteiger partial charge < -0.3 is 0 Å². The van der Waals surface area contributed by atoms with Gasteiger partial charge in [-0.05, 0) is 55.8 Å². The summed E-state index contributed by atoms with van der Waals surface area (Å²) in [6.07, 6.45) is 0. The lowest BCUT2D eigenvalue weighted by Crippen LogP contribution is -1.99. The predicted molar refractivity (Wildman–Crippen MR) is 61.5 cm³/mol. The van der Waals surface area contributed by atoms with Gasteiger partial charge >= 0.3 is 5.51 Å². The van der Waals surface area contributed by atoms with Crippen LogP contribution in [0.2, 0.25) is 0 Å². The van der Waals surface area contributed by atoms with Gasteiger partial charge in [-0.3, -0.25) is 0 Å². The van der Waals surface area contributed by atoms with Gasteiger partial charge in [-0.15, -0.1) is 0 Å². The quantitative estimate of drug-likeness (QED) is 0.540. The lowest BCUT2D eigenvalue weighted by molar-refractivity contribution is -0.0328. The first-order valence-electron chi connectivity index (χ1n) is 3.20. The number of hydrogen-bond donors (Lipinski definition) is 0. The molecular formula is C7H2Br3F3S. The van der Waals surface area contributed by atoms with E-state index in [9.17, 15) is 13.2 Å². The summed E-state index contributed by atoms with van der Waals surface area (Å²) in [7, 11) is 0. The molecule has 1 aromatic carbocycles. The molecule has 0 aliphatic rings. The second-order valence-electron chi connectivity index (χ2n) is 2.25. The maximum Gasteiger partial charge on any atom is 0.446 e. The fourth-order valence-corrected chi connectivity index (χ4v) is 4.03. The molecule has 0 saturated carbocycles. The second-order valence-corrected chi connectivity index (χ2v) is 5.95. The molecule has 0 unspecified atom stereocenters. The van der Waals surface area contributed by atoms with Gasteiger partial charge in [0.05, 0.1) is 0 Å². The van der Waals surface area contributed by atoms with E-state index in [1.807, 2.05) is 0 Å². The molecule has 0 saturated heterocycles. The van der Waals surface area contributed by atoms with Crippen LogP contribution in [0.25, 0.3) is 0 Å². The number of hydrogen-bond acceptors (Lipinski definition) is 1. The third kappa shape index (κ3) is 3.75. The van der Waals surface area contributed by atoms with E-state index in [1.165, 1.54) is 0 Å². The first kappa shape index (κ1) is 12.9. The molecule has 0 aliphatic carbocycles. The van der Waals surface area contributed by atoms with Gasteiger partial charge in [0, 0.05) is 18.3 Å². The van der Waals surface area contributed by atoms with E-state index < -0.39 is 5.51 Å². The van der Waals surface area contributed by atoms with Crippen LogP contribution in [0.4, 0.5) is 13.2 Å². The first-order chi connectivity index (χ1) is 6.29. The Morgan fingerprint density at radius 1 is 1.00 bits per heavy atom. The Morgan fingerprint density at radius 2 is 1.43 bits per heavy atom. The molecule has 14 heavy (non-hydrogen) atoms. The zero-order valence-corrected chi connectivity index (χ0v) is 11.9. The molecule has 0 amide bonds. The maximum absolute atomic E-state index is 12.1. The number of alkyl halides is 3. The highest BCUT2D eigenvalue weighted by Crippen LogP contribution is 2.44. The van der Waals surface area contributed by atoms with Crippen molar-refractivity contribution >= 4 is 59.6 Å². The summed E-state index contributed by atoms with van der Waals surface area (Å²) in [4.78, 5) is 0.126. The van der Waals surface area contributed by atoms with Gasteiger partial charge in [0.25, 0.3) is 0 Å². The predicted octanol–water partition coefficient (Wildman–Crippen LogP) is 5.59. The number of rotatable bonds is 1. The Bertz CT molecular complexity index is 328. The van der Waals surface area contributed by atoms with E-state index in [4.69, 9.17) is 0 Å². The molecule has 0 heterocycles. The van der Waals surface area contributed by atoms with Crippen molar-refractivity contribution in [3.63, 3.8) is 0 Å². The molecule has 1 aromatic rings. The Morgan fingerprint density at radius 3 is 1.79 bits per heavy atom. The van der Waals surface area contributed by atoms with E-state index in [1.54, 1.807) is 12.1 Å². The second kappa shape index (κ2) is 4.76. The van der Waals surface area contributed by atoms with Crippen LogP contribution in [0.5, 0.6) is 0 Å². The minimum atomic E-state index is -4.28. The molecule has 0 fully saturated rings.